The number of hydrogen-bond acceptors (Lipinski definition) is 6. The van der Waals surface area contributed by atoms with Gasteiger partial charge in [-0.05, 0) is 44.0 Å². The van der Waals surface area contributed by atoms with Gasteiger partial charge >= 0.3 is 0 Å². The predicted octanol–water partition coefficient (Wildman–Crippen LogP) is 2.58. The van der Waals surface area contributed by atoms with Crippen molar-refractivity contribution in [2.75, 3.05) is 5.32 Å². The second-order valence-electron chi connectivity index (χ2n) is 6.41. The van der Waals surface area contributed by atoms with Gasteiger partial charge in [-0.1, -0.05) is 15.9 Å². The van der Waals surface area contributed by atoms with Gasteiger partial charge in [0.25, 0.3) is 0 Å². The summed E-state index contributed by atoms with van der Waals surface area (Å²) >= 11 is 3.33. The van der Waals surface area contributed by atoms with Crippen molar-refractivity contribution in [3.05, 3.63) is 34.9 Å². The molecular weight excluding hydrogens is 374 g/mol. The number of rotatable bonds is 3. The number of phenolic OH excluding ortho intramolecular Hbond substituents is 1. The number of halogens is 1. The van der Waals surface area contributed by atoms with Crippen molar-refractivity contribution >= 4 is 27.4 Å². The lowest BCUT2D eigenvalue weighted by Gasteiger charge is -2.41. The van der Waals surface area contributed by atoms with E-state index in [-0.39, 0.29) is 11.8 Å². The predicted molar refractivity (Wildman–Crippen MR) is 92.9 cm³/mol. The number of nitrogens with zero attached hydrogens (tertiary/aromatic N) is 4. The van der Waals surface area contributed by atoms with E-state index in [1.807, 2.05) is 19.1 Å². The first-order valence-corrected chi connectivity index (χ1v) is 8.40. The molecule has 0 radical (unpaired) electrons. The van der Waals surface area contributed by atoms with Crippen molar-refractivity contribution in [1.82, 2.24) is 19.8 Å². The fourth-order valence-electron chi connectivity index (χ4n) is 3.12. The van der Waals surface area contributed by atoms with Crippen LogP contribution in [0.2, 0.25) is 0 Å². The van der Waals surface area contributed by atoms with E-state index < -0.39 is 5.60 Å². The maximum absolute atomic E-state index is 10.2. The van der Waals surface area contributed by atoms with Gasteiger partial charge in [-0.25, -0.2) is 0 Å². The van der Waals surface area contributed by atoms with E-state index in [9.17, 15) is 10.2 Å². The first-order valence-electron chi connectivity index (χ1n) is 7.61. The lowest BCUT2D eigenvalue weighted by Crippen LogP contribution is -2.48. The number of aliphatic hydroxyl groups is 1. The van der Waals surface area contributed by atoms with Gasteiger partial charge < -0.3 is 15.5 Å². The van der Waals surface area contributed by atoms with E-state index in [2.05, 4.69) is 36.5 Å². The standard InChI is InChI=1S/C16H16BrN5O2/c1-16(24)7-10(8-16)19-15-21-20-14(12-4-5-18-22(12)15)11-3-2-9(17)6-13(11)23/h2-6,10,23-24H,7-8H2,1H3,(H,19,21). The molecule has 1 saturated carbocycles. The Labute approximate surface area is 146 Å². The second-order valence-corrected chi connectivity index (χ2v) is 7.32. The summed E-state index contributed by atoms with van der Waals surface area (Å²) in [4.78, 5) is 0. The Kier molecular flexibility index (Phi) is 3.47. The molecule has 1 aromatic carbocycles. The molecule has 3 aromatic rings. The number of aromatic hydroxyl groups is 1. The molecule has 0 saturated heterocycles. The van der Waals surface area contributed by atoms with Crippen molar-refractivity contribution in [3.63, 3.8) is 0 Å². The Bertz CT molecular complexity index is 916. The van der Waals surface area contributed by atoms with Gasteiger partial charge in [0.2, 0.25) is 5.95 Å². The molecule has 2 aromatic heterocycles. The van der Waals surface area contributed by atoms with Crippen molar-refractivity contribution < 1.29 is 10.2 Å². The molecule has 7 nitrogen and oxygen atoms in total. The van der Waals surface area contributed by atoms with Gasteiger partial charge in [-0.3, -0.25) is 0 Å². The third-order valence-electron chi connectivity index (χ3n) is 4.25. The van der Waals surface area contributed by atoms with Crippen LogP contribution in [0.5, 0.6) is 5.75 Å². The summed E-state index contributed by atoms with van der Waals surface area (Å²) in [5.74, 6) is 0.647. The maximum Gasteiger partial charge on any atom is 0.244 e. The summed E-state index contributed by atoms with van der Waals surface area (Å²) in [6.45, 7) is 1.82. The van der Waals surface area contributed by atoms with Gasteiger partial charge in [-0.2, -0.15) is 9.61 Å². The number of benzene rings is 1. The molecular formula is C16H16BrN5O2. The van der Waals surface area contributed by atoms with E-state index in [0.29, 0.717) is 30.0 Å². The molecule has 1 aliphatic rings. The van der Waals surface area contributed by atoms with Crippen LogP contribution < -0.4 is 5.32 Å². The van der Waals surface area contributed by atoms with Crippen LogP contribution in [-0.4, -0.2) is 41.7 Å². The van der Waals surface area contributed by atoms with Crippen molar-refractivity contribution in [2.45, 2.75) is 31.4 Å². The summed E-state index contributed by atoms with van der Waals surface area (Å²) < 4.78 is 2.45. The fourth-order valence-corrected chi connectivity index (χ4v) is 3.46. The molecule has 0 bridgehead atoms. The normalized spacial score (nSPS) is 23.2. The molecule has 0 unspecified atom stereocenters. The molecule has 8 heteroatoms. The number of nitrogens with one attached hydrogen (secondary N) is 1. The average molecular weight is 390 g/mol. The van der Waals surface area contributed by atoms with Crippen LogP contribution in [0.15, 0.2) is 34.9 Å². The third-order valence-corrected chi connectivity index (χ3v) is 4.74. The van der Waals surface area contributed by atoms with Crippen LogP contribution in [0, 0.1) is 0 Å². The van der Waals surface area contributed by atoms with Crippen molar-refractivity contribution in [1.29, 1.82) is 0 Å². The molecule has 0 amide bonds. The summed E-state index contributed by atoms with van der Waals surface area (Å²) in [6.07, 6.45) is 2.99. The van der Waals surface area contributed by atoms with Gasteiger partial charge in [0.15, 0.2) is 0 Å². The first kappa shape index (κ1) is 15.3. The van der Waals surface area contributed by atoms with Crippen molar-refractivity contribution in [3.8, 4) is 17.0 Å². The lowest BCUT2D eigenvalue weighted by atomic mass is 9.77. The van der Waals surface area contributed by atoms with Gasteiger partial charge in [0, 0.05) is 16.1 Å². The Balaban J connectivity index is 1.72. The quantitative estimate of drug-likeness (QED) is 0.636. The maximum atomic E-state index is 10.2. The number of aromatic nitrogens is 4. The highest BCUT2D eigenvalue weighted by Gasteiger charge is 2.38. The van der Waals surface area contributed by atoms with E-state index in [4.69, 9.17) is 0 Å². The molecule has 0 spiro atoms. The fraction of sp³-hybridized carbons (Fsp3) is 0.312. The van der Waals surface area contributed by atoms with Crippen LogP contribution in [0.1, 0.15) is 19.8 Å². The highest BCUT2D eigenvalue weighted by atomic mass is 79.9. The lowest BCUT2D eigenvalue weighted by molar-refractivity contribution is -0.0236. The minimum absolute atomic E-state index is 0.123. The summed E-state index contributed by atoms with van der Waals surface area (Å²) in [5.41, 5.74) is 1.28. The molecule has 0 aliphatic heterocycles. The monoisotopic (exact) mass is 389 g/mol. The molecule has 24 heavy (non-hydrogen) atoms. The number of phenols is 1. The largest absolute Gasteiger partial charge is 0.507 e. The van der Waals surface area contributed by atoms with Crippen molar-refractivity contribution in [2.24, 2.45) is 0 Å². The SMILES string of the molecule is CC1(O)CC(Nc2nnc(-c3ccc(Br)cc3O)c3ccnn23)C1. The Morgan fingerprint density at radius 3 is 2.79 bits per heavy atom. The minimum Gasteiger partial charge on any atom is -0.507 e. The first-order chi connectivity index (χ1) is 11.4. The summed E-state index contributed by atoms with van der Waals surface area (Å²) in [5, 5.41) is 36.1. The highest BCUT2D eigenvalue weighted by molar-refractivity contribution is 9.10. The van der Waals surface area contributed by atoms with Crippen LogP contribution in [0.4, 0.5) is 5.95 Å². The Morgan fingerprint density at radius 2 is 2.08 bits per heavy atom. The number of anilines is 1. The summed E-state index contributed by atoms with van der Waals surface area (Å²) in [7, 11) is 0. The topological polar surface area (TPSA) is 95.6 Å². The van der Waals surface area contributed by atoms with E-state index in [1.54, 1.807) is 22.8 Å². The van der Waals surface area contributed by atoms with Crippen LogP contribution >= 0.6 is 15.9 Å². The van der Waals surface area contributed by atoms with Crippen LogP contribution in [-0.2, 0) is 0 Å². The molecule has 1 fully saturated rings. The molecule has 3 N–H and O–H groups in total. The molecule has 4 rings (SSSR count). The van der Waals surface area contributed by atoms with Crippen LogP contribution in [0.3, 0.4) is 0 Å². The molecule has 0 atom stereocenters. The average Bonchev–Trinajstić information content (AvgIpc) is 2.96. The zero-order valence-electron chi connectivity index (χ0n) is 12.9. The van der Waals surface area contributed by atoms with Gasteiger partial charge in [0.1, 0.15) is 11.4 Å². The second kappa shape index (κ2) is 5.42. The molecule has 1 aliphatic carbocycles. The number of fused-ring (bicyclic) bond motifs is 1. The minimum atomic E-state index is -0.614. The molecule has 2 heterocycles. The van der Waals surface area contributed by atoms with E-state index in [1.165, 1.54) is 0 Å². The van der Waals surface area contributed by atoms with E-state index >= 15 is 0 Å². The van der Waals surface area contributed by atoms with E-state index in [0.717, 1.165) is 9.99 Å². The summed E-state index contributed by atoms with van der Waals surface area (Å²) in [6, 6.07) is 7.22. The number of hydrogen-bond donors (Lipinski definition) is 3. The van der Waals surface area contributed by atoms with Gasteiger partial charge in [-0.15, -0.1) is 10.2 Å². The zero-order chi connectivity index (χ0) is 16.9. The van der Waals surface area contributed by atoms with Crippen LogP contribution in [0.25, 0.3) is 16.8 Å². The zero-order valence-corrected chi connectivity index (χ0v) is 14.5. The Morgan fingerprint density at radius 1 is 1.29 bits per heavy atom. The third kappa shape index (κ3) is 2.61. The smallest absolute Gasteiger partial charge is 0.244 e. The molecule has 124 valence electrons. The highest BCUT2D eigenvalue weighted by Crippen LogP contribution is 2.35. The Hall–Kier alpha value is -2.19. The van der Waals surface area contributed by atoms with Gasteiger partial charge in [0.05, 0.1) is 17.3 Å².